The number of likely N-dealkylation sites (N-methyl/N-ethyl adjacent to an activating group) is 1. The Morgan fingerprint density at radius 1 is 1.17 bits per heavy atom. The van der Waals surface area contributed by atoms with Crippen LogP contribution in [0.1, 0.15) is 37.8 Å². The second-order valence-electron chi connectivity index (χ2n) is 10.7. The van der Waals surface area contributed by atoms with Crippen molar-refractivity contribution in [1.29, 1.82) is 0 Å². The number of ether oxygens (including phenoxy) is 4. The standard InChI is InChI=1S/C31H40ClN3O6/c1-21(33-3)29(36)41-27(22(2)39-19-23-10-6-5-7-11-23)18-35-15-9-14-26(35)28-34-31(20-40-28,30(37)38-4)17-24-12-8-13-25(32)16-24/h5-8,10-13,16,21-22,26-27,33H,9,14-15,17-20H2,1-4H3/t21-,22?,26-,27+,31+/m0/s1. The molecule has 5 atom stereocenters. The first-order valence-electron chi connectivity index (χ1n) is 14.1. The van der Waals surface area contributed by atoms with Crippen LogP contribution < -0.4 is 5.32 Å². The number of benzene rings is 2. The normalized spacial score (nSPS) is 22.9. The minimum atomic E-state index is -1.19. The smallest absolute Gasteiger partial charge is 0.337 e. The topological polar surface area (TPSA) is 98.7 Å². The highest BCUT2D eigenvalue weighted by atomic mass is 35.5. The lowest BCUT2D eigenvalue weighted by Crippen LogP contribution is -2.48. The molecule has 0 saturated carbocycles. The van der Waals surface area contributed by atoms with Crippen LogP contribution in [-0.4, -0.2) is 86.4 Å². The minimum absolute atomic E-state index is 0.0839. The molecule has 0 amide bonds. The van der Waals surface area contributed by atoms with Gasteiger partial charge in [-0.1, -0.05) is 54.1 Å². The van der Waals surface area contributed by atoms with Crippen LogP contribution in [-0.2, 0) is 41.6 Å². The summed E-state index contributed by atoms with van der Waals surface area (Å²) in [7, 11) is 3.08. The number of likely N-dealkylation sites (tertiary alicyclic amines) is 1. The van der Waals surface area contributed by atoms with E-state index in [1.54, 1.807) is 20.0 Å². The molecule has 0 spiro atoms. The molecule has 2 aliphatic heterocycles. The summed E-state index contributed by atoms with van der Waals surface area (Å²) >= 11 is 6.20. The molecular formula is C31H40ClN3O6. The molecule has 0 bridgehead atoms. The number of esters is 2. The second-order valence-corrected chi connectivity index (χ2v) is 11.1. The fraction of sp³-hybridized carbons (Fsp3) is 0.516. The maximum absolute atomic E-state index is 13.0. The van der Waals surface area contributed by atoms with Crippen LogP contribution in [0.4, 0.5) is 0 Å². The average molecular weight is 586 g/mol. The molecule has 1 fully saturated rings. The fourth-order valence-electron chi connectivity index (χ4n) is 5.20. The van der Waals surface area contributed by atoms with Crippen molar-refractivity contribution in [2.75, 3.05) is 33.9 Å². The Bertz CT molecular complexity index is 1210. The van der Waals surface area contributed by atoms with Gasteiger partial charge in [0, 0.05) is 18.0 Å². The van der Waals surface area contributed by atoms with Gasteiger partial charge in [-0.15, -0.1) is 0 Å². The summed E-state index contributed by atoms with van der Waals surface area (Å²) < 4.78 is 23.4. The molecule has 4 rings (SSSR count). The van der Waals surface area contributed by atoms with Gasteiger partial charge in [0.15, 0.2) is 5.54 Å². The van der Waals surface area contributed by atoms with Crippen molar-refractivity contribution < 1.29 is 28.5 Å². The van der Waals surface area contributed by atoms with Crippen LogP contribution in [0.25, 0.3) is 0 Å². The predicted molar refractivity (Wildman–Crippen MR) is 157 cm³/mol. The number of hydrogen-bond donors (Lipinski definition) is 1. The van der Waals surface area contributed by atoms with Crippen molar-refractivity contribution in [1.82, 2.24) is 10.2 Å². The highest BCUT2D eigenvalue weighted by molar-refractivity contribution is 6.30. The highest BCUT2D eigenvalue weighted by Gasteiger charge is 2.48. The van der Waals surface area contributed by atoms with Crippen LogP contribution in [0.5, 0.6) is 0 Å². The maximum Gasteiger partial charge on any atom is 0.337 e. The van der Waals surface area contributed by atoms with Crippen LogP contribution in [0.2, 0.25) is 5.02 Å². The van der Waals surface area contributed by atoms with Gasteiger partial charge in [0.1, 0.15) is 18.8 Å². The fourth-order valence-corrected chi connectivity index (χ4v) is 5.41. The molecule has 0 aliphatic carbocycles. The molecule has 222 valence electrons. The molecule has 2 aliphatic rings. The third kappa shape index (κ3) is 7.86. The molecular weight excluding hydrogens is 546 g/mol. The number of aliphatic imine (C=N–C) groups is 1. The van der Waals surface area contributed by atoms with Crippen LogP contribution in [0.15, 0.2) is 59.6 Å². The van der Waals surface area contributed by atoms with Crippen molar-refractivity contribution >= 4 is 29.4 Å². The molecule has 10 heteroatoms. The van der Waals surface area contributed by atoms with E-state index in [4.69, 9.17) is 35.5 Å². The number of halogens is 1. The van der Waals surface area contributed by atoms with E-state index in [-0.39, 0.29) is 24.7 Å². The van der Waals surface area contributed by atoms with Gasteiger partial charge >= 0.3 is 11.9 Å². The van der Waals surface area contributed by atoms with E-state index in [0.29, 0.717) is 30.5 Å². The summed E-state index contributed by atoms with van der Waals surface area (Å²) in [6, 6.07) is 16.6. The number of rotatable bonds is 13. The molecule has 1 saturated heterocycles. The van der Waals surface area contributed by atoms with Crippen LogP contribution in [0.3, 0.4) is 0 Å². The number of nitrogens with zero attached hydrogens (tertiary/aromatic N) is 2. The SMILES string of the molecule is CN[C@@H](C)C(=O)O[C@H](CN1CCC[C@H]1C1=N[C@@](Cc2cccc(Cl)c2)(C(=O)OC)CO1)C(C)OCc1ccccc1. The van der Waals surface area contributed by atoms with Gasteiger partial charge in [-0.3, -0.25) is 9.69 Å². The van der Waals surface area contributed by atoms with Crippen molar-refractivity contribution in [3.8, 4) is 0 Å². The first-order valence-corrected chi connectivity index (χ1v) is 14.4. The molecule has 9 nitrogen and oxygen atoms in total. The van der Waals surface area contributed by atoms with E-state index in [1.807, 2.05) is 55.5 Å². The zero-order valence-electron chi connectivity index (χ0n) is 24.2. The van der Waals surface area contributed by atoms with E-state index in [0.717, 1.165) is 30.5 Å². The second kappa shape index (κ2) is 14.3. The Kier molecular flexibility index (Phi) is 10.8. The first kappa shape index (κ1) is 31.0. The Balaban J connectivity index is 1.52. The average Bonchev–Trinajstić information content (AvgIpc) is 3.62. The number of carbonyl (C=O) groups excluding carboxylic acids is 2. The molecule has 2 aromatic rings. The Hall–Kier alpha value is -2.98. The third-order valence-corrected chi connectivity index (χ3v) is 7.97. The van der Waals surface area contributed by atoms with Crippen LogP contribution in [0, 0.1) is 0 Å². The summed E-state index contributed by atoms with van der Waals surface area (Å²) in [5.74, 6) is -0.293. The maximum atomic E-state index is 13.0. The zero-order chi connectivity index (χ0) is 29.4. The third-order valence-electron chi connectivity index (χ3n) is 7.73. The number of methoxy groups -OCH3 is 1. The van der Waals surface area contributed by atoms with Gasteiger partial charge in [-0.2, -0.15) is 0 Å². The van der Waals surface area contributed by atoms with Crippen molar-refractivity contribution in [2.45, 2.75) is 69.5 Å². The lowest BCUT2D eigenvalue weighted by atomic mass is 9.92. The van der Waals surface area contributed by atoms with Gasteiger partial charge in [0.05, 0.1) is 25.9 Å². The minimum Gasteiger partial charge on any atom is -0.477 e. The van der Waals surface area contributed by atoms with Gasteiger partial charge in [-0.05, 0) is 63.5 Å². The summed E-state index contributed by atoms with van der Waals surface area (Å²) in [5.41, 5.74) is 0.720. The Morgan fingerprint density at radius 2 is 1.93 bits per heavy atom. The monoisotopic (exact) mass is 585 g/mol. The summed E-state index contributed by atoms with van der Waals surface area (Å²) in [6.07, 6.45) is 1.14. The summed E-state index contributed by atoms with van der Waals surface area (Å²) in [6.45, 7) is 5.38. The highest BCUT2D eigenvalue weighted by Crippen LogP contribution is 2.31. The van der Waals surface area contributed by atoms with E-state index in [9.17, 15) is 9.59 Å². The molecule has 2 heterocycles. The van der Waals surface area contributed by atoms with E-state index in [2.05, 4.69) is 10.2 Å². The Morgan fingerprint density at radius 3 is 2.63 bits per heavy atom. The van der Waals surface area contributed by atoms with E-state index >= 15 is 0 Å². The molecule has 0 radical (unpaired) electrons. The molecule has 1 N–H and O–H groups in total. The van der Waals surface area contributed by atoms with Gasteiger partial charge in [0.2, 0.25) is 5.90 Å². The van der Waals surface area contributed by atoms with Crippen molar-refractivity contribution in [2.24, 2.45) is 4.99 Å². The van der Waals surface area contributed by atoms with Crippen molar-refractivity contribution in [3.63, 3.8) is 0 Å². The van der Waals surface area contributed by atoms with E-state index < -0.39 is 23.7 Å². The molecule has 41 heavy (non-hydrogen) atoms. The summed E-state index contributed by atoms with van der Waals surface area (Å²) in [5, 5.41) is 3.53. The molecule has 2 aromatic carbocycles. The number of carbonyl (C=O) groups is 2. The first-order chi connectivity index (χ1) is 19.7. The van der Waals surface area contributed by atoms with Gasteiger partial charge < -0.3 is 24.3 Å². The number of hydrogen-bond acceptors (Lipinski definition) is 9. The Labute approximate surface area is 247 Å². The molecule has 0 aromatic heterocycles. The summed E-state index contributed by atoms with van der Waals surface area (Å²) in [4.78, 5) is 32.9. The van der Waals surface area contributed by atoms with Gasteiger partial charge in [-0.25, -0.2) is 9.79 Å². The van der Waals surface area contributed by atoms with E-state index in [1.165, 1.54) is 7.11 Å². The van der Waals surface area contributed by atoms with Gasteiger partial charge in [0.25, 0.3) is 0 Å². The largest absolute Gasteiger partial charge is 0.477 e. The quantitative estimate of drug-likeness (QED) is 0.354. The lowest BCUT2D eigenvalue weighted by molar-refractivity contribution is -0.161. The molecule has 1 unspecified atom stereocenters. The number of nitrogens with one attached hydrogen (secondary N) is 1. The lowest BCUT2D eigenvalue weighted by Gasteiger charge is -2.32. The van der Waals surface area contributed by atoms with Crippen molar-refractivity contribution in [3.05, 3.63) is 70.7 Å². The zero-order valence-corrected chi connectivity index (χ0v) is 24.9. The van der Waals surface area contributed by atoms with Crippen LogP contribution >= 0.6 is 11.6 Å². The predicted octanol–water partition coefficient (Wildman–Crippen LogP) is 3.81.